The zero-order chi connectivity index (χ0) is 22.5. The van der Waals surface area contributed by atoms with Crippen LogP contribution in [0.3, 0.4) is 0 Å². The van der Waals surface area contributed by atoms with Gasteiger partial charge in [-0.15, -0.1) is 0 Å². The number of pyridine rings is 1. The van der Waals surface area contributed by atoms with Gasteiger partial charge >= 0.3 is 0 Å². The topological polar surface area (TPSA) is 54.0 Å². The average Bonchev–Trinajstić information content (AvgIpc) is 2.78. The van der Waals surface area contributed by atoms with E-state index in [0.717, 1.165) is 54.3 Å². The number of rotatable bonds is 8. The Morgan fingerprint density at radius 2 is 1.81 bits per heavy atom. The van der Waals surface area contributed by atoms with E-state index >= 15 is 0 Å². The van der Waals surface area contributed by atoms with Crippen molar-refractivity contribution in [3.63, 3.8) is 0 Å². The van der Waals surface area contributed by atoms with Crippen molar-refractivity contribution in [1.29, 1.82) is 0 Å². The molecule has 1 atom stereocenters. The van der Waals surface area contributed by atoms with Crippen molar-refractivity contribution in [2.24, 2.45) is 0 Å². The predicted octanol–water partition coefficient (Wildman–Crippen LogP) is 6.45. The number of aromatic nitrogens is 1. The van der Waals surface area contributed by atoms with E-state index in [-0.39, 0.29) is 17.6 Å². The largest absolute Gasteiger partial charge is 0.382 e. The van der Waals surface area contributed by atoms with E-state index in [9.17, 15) is 9.18 Å². The number of hydrogen-bond acceptors (Lipinski definition) is 4. The van der Waals surface area contributed by atoms with E-state index in [1.807, 2.05) is 42.6 Å². The van der Waals surface area contributed by atoms with Crippen molar-refractivity contribution in [2.45, 2.75) is 63.6 Å². The van der Waals surface area contributed by atoms with Crippen LogP contribution in [0.15, 0.2) is 54.7 Å². The van der Waals surface area contributed by atoms with Crippen LogP contribution in [0.1, 0.15) is 57.1 Å². The lowest BCUT2D eigenvalue weighted by atomic mass is 9.89. The highest BCUT2D eigenvalue weighted by Gasteiger charge is 2.24. The normalized spacial score (nSPS) is 19.6. The molecule has 0 saturated heterocycles. The first-order valence-electron chi connectivity index (χ1n) is 11.3. The SMILES string of the molecule is CC(=O)CCC(NC1CCC(Nc2ccnc3cc(Cl)ccc23)CC1)c1ccc(F)cc1. The van der Waals surface area contributed by atoms with Crippen LogP contribution < -0.4 is 10.6 Å². The molecule has 1 aromatic heterocycles. The maximum absolute atomic E-state index is 13.4. The lowest BCUT2D eigenvalue weighted by Crippen LogP contribution is -2.39. The second-order valence-electron chi connectivity index (χ2n) is 8.72. The van der Waals surface area contributed by atoms with E-state index in [1.54, 1.807) is 6.92 Å². The molecule has 2 aromatic carbocycles. The summed E-state index contributed by atoms with van der Waals surface area (Å²) >= 11 is 6.11. The molecule has 168 valence electrons. The van der Waals surface area contributed by atoms with Gasteiger partial charge in [-0.2, -0.15) is 0 Å². The molecular formula is C26H29ClFN3O. The number of Topliss-reactive ketones (excluding diaryl/α,β-unsaturated/α-hetero) is 1. The second kappa shape index (κ2) is 10.4. The Morgan fingerprint density at radius 3 is 2.53 bits per heavy atom. The van der Waals surface area contributed by atoms with Crippen LogP contribution in [0.2, 0.25) is 5.02 Å². The number of halogens is 2. The van der Waals surface area contributed by atoms with Gasteiger partial charge in [0.1, 0.15) is 11.6 Å². The molecule has 1 fully saturated rings. The predicted molar refractivity (Wildman–Crippen MR) is 129 cm³/mol. The molecule has 0 amide bonds. The summed E-state index contributed by atoms with van der Waals surface area (Å²) in [4.78, 5) is 16.0. The number of nitrogens with one attached hydrogen (secondary N) is 2. The van der Waals surface area contributed by atoms with Crippen LogP contribution in [0.5, 0.6) is 0 Å². The van der Waals surface area contributed by atoms with Gasteiger partial charge in [0.15, 0.2) is 0 Å². The van der Waals surface area contributed by atoms with Crippen LogP contribution in [-0.4, -0.2) is 22.9 Å². The molecule has 1 aliphatic rings. The van der Waals surface area contributed by atoms with Gasteiger partial charge in [-0.3, -0.25) is 4.98 Å². The van der Waals surface area contributed by atoms with Crippen molar-refractivity contribution in [3.8, 4) is 0 Å². The van der Waals surface area contributed by atoms with Gasteiger partial charge in [0.25, 0.3) is 0 Å². The van der Waals surface area contributed by atoms with Gasteiger partial charge < -0.3 is 15.4 Å². The van der Waals surface area contributed by atoms with Crippen molar-refractivity contribution in [2.75, 3.05) is 5.32 Å². The maximum Gasteiger partial charge on any atom is 0.129 e. The minimum Gasteiger partial charge on any atom is -0.382 e. The second-order valence-corrected chi connectivity index (χ2v) is 9.16. The Labute approximate surface area is 193 Å². The number of carbonyl (C=O) groups excluding carboxylic acids is 1. The molecule has 2 N–H and O–H groups in total. The summed E-state index contributed by atoms with van der Waals surface area (Å²) < 4.78 is 13.4. The van der Waals surface area contributed by atoms with E-state index in [2.05, 4.69) is 15.6 Å². The molecular weight excluding hydrogens is 425 g/mol. The van der Waals surface area contributed by atoms with Crippen molar-refractivity contribution < 1.29 is 9.18 Å². The Balaban J connectivity index is 1.37. The van der Waals surface area contributed by atoms with Gasteiger partial charge in [0.05, 0.1) is 5.52 Å². The van der Waals surface area contributed by atoms with Gasteiger partial charge in [0, 0.05) is 46.8 Å². The standard InChI is InChI=1S/C26H29ClFN3O/c1-17(32)2-13-24(18-3-6-20(28)7-4-18)30-21-8-10-22(11-9-21)31-25-14-15-29-26-16-19(27)5-12-23(25)26/h3-7,12,14-16,21-22,24,30H,2,8-11,13H2,1H3,(H,29,31). The molecule has 0 spiro atoms. The van der Waals surface area contributed by atoms with Gasteiger partial charge in [-0.1, -0.05) is 23.7 Å². The Bertz CT molecular complexity index is 1060. The van der Waals surface area contributed by atoms with Crippen LogP contribution in [0.25, 0.3) is 10.9 Å². The minimum absolute atomic E-state index is 0.0582. The Morgan fingerprint density at radius 1 is 1.09 bits per heavy atom. The monoisotopic (exact) mass is 453 g/mol. The third-order valence-electron chi connectivity index (χ3n) is 6.29. The number of fused-ring (bicyclic) bond motifs is 1. The van der Waals surface area contributed by atoms with Gasteiger partial charge in [-0.25, -0.2) is 4.39 Å². The molecule has 1 heterocycles. The zero-order valence-electron chi connectivity index (χ0n) is 18.3. The minimum atomic E-state index is -0.239. The lowest BCUT2D eigenvalue weighted by molar-refractivity contribution is -0.117. The molecule has 0 bridgehead atoms. The molecule has 4 nitrogen and oxygen atoms in total. The fourth-order valence-corrected chi connectivity index (χ4v) is 4.71. The highest BCUT2D eigenvalue weighted by Crippen LogP contribution is 2.29. The zero-order valence-corrected chi connectivity index (χ0v) is 19.0. The molecule has 4 rings (SSSR count). The first-order valence-corrected chi connectivity index (χ1v) is 11.7. The third-order valence-corrected chi connectivity index (χ3v) is 6.52. The summed E-state index contributed by atoms with van der Waals surface area (Å²) in [6.07, 6.45) is 7.26. The maximum atomic E-state index is 13.4. The van der Waals surface area contributed by atoms with Crippen molar-refractivity contribution in [1.82, 2.24) is 10.3 Å². The molecule has 1 saturated carbocycles. The van der Waals surface area contributed by atoms with Crippen molar-refractivity contribution >= 4 is 34.0 Å². The Hall–Kier alpha value is -2.50. The molecule has 32 heavy (non-hydrogen) atoms. The highest BCUT2D eigenvalue weighted by molar-refractivity contribution is 6.31. The molecule has 6 heteroatoms. The average molecular weight is 454 g/mol. The smallest absolute Gasteiger partial charge is 0.129 e. The lowest BCUT2D eigenvalue weighted by Gasteiger charge is -2.33. The summed E-state index contributed by atoms with van der Waals surface area (Å²) in [5.74, 6) is -0.0609. The highest BCUT2D eigenvalue weighted by atomic mass is 35.5. The molecule has 0 radical (unpaired) electrons. The first-order chi connectivity index (χ1) is 15.5. The molecule has 0 aliphatic heterocycles. The van der Waals surface area contributed by atoms with Crippen molar-refractivity contribution in [3.05, 3.63) is 71.1 Å². The Kier molecular flexibility index (Phi) is 7.38. The fourth-order valence-electron chi connectivity index (χ4n) is 4.54. The molecule has 1 unspecified atom stereocenters. The van der Waals surface area contributed by atoms with E-state index in [0.29, 0.717) is 23.5 Å². The molecule has 3 aromatic rings. The van der Waals surface area contributed by atoms with Crippen LogP contribution >= 0.6 is 11.6 Å². The van der Waals surface area contributed by atoms with Crippen LogP contribution in [0, 0.1) is 5.82 Å². The number of carbonyl (C=O) groups is 1. The number of ketones is 1. The first kappa shape index (κ1) is 22.7. The van der Waals surface area contributed by atoms with Crippen LogP contribution in [0.4, 0.5) is 10.1 Å². The summed E-state index contributed by atoms with van der Waals surface area (Å²) in [7, 11) is 0. The summed E-state index contributed by atoms with van der Waals surface area (Å²) in [5, 5.41) is 9.21. The van der Waals surface area contributed by atoms with E-state index in [4.69, 9.17) is 11.6 Å². The van der Waals surface area contributed by atoms with E-state index < -0.39 is 0 Å². The number of anilines is 1. The number of benzene rings is 2. The summed E-state index contributed by atoms with van der Waals surface area (Å²) in [6.45, 7) is 1.62. The molecule has 1 aliphatic carbocycles. The van der Waals surface area contributed by atoms with Gasteiger partial charge in [0.2, 0.25) is 0 Å². The van der Waals surface area contributed by atoms with E-state index in [1.165, 1.54) is 12.1 Å². The summed E-state index contributed by atoms with van der Waals surface area (Å²) in [5.41, 5.74) is 3.02. The van der Waals surface area contributed by atoms with Gasteiger partial charge in [-0.05, 0) is 81.0 Å². The van der Waals surface area contributed by atoms with Crippen LogP contribution in [-0.2, 0) is 4.79 Å². The third kappa shape index (κ3) is 5.84. The number of hydrogen-bond donors (Lipinski definition) is 2. The summed E-state index contributed by atoms with van der Waals surface area (Å²) in [6, 6.07) is 15.3. The number of nitrogens with zero attached hydrogens (tertiary/aromatic N) is 1. The quantitative estimate of drug-likeness (QED) is 0.411. The fraction of sp³-hybridized carbons (Fsp3) is 0.385.